The quantitative estimate of drug-likeness (QED) is 0.682. The van der Waals surface area contributed by atoms with Gasteiger partial charge in [-0.25, -0.2) is 4.98 Å². The fourth-order valence-electron chi connectivity index (χ4n) is 3.31. The Labute approximate surface area is 133 Å². The van der Waals surface area contributed by atoms with Gasteiger partial charge in [0.05, 0.1) is 11.4 Å². The number of fused-ring (bicyclic) bond motifs is 1. The van der Waals surface area contributed by atoms with E-state index in [0.717, 1.165) is 16.9 Å². The fourth-order valence-corrected chi connectivity index (χ4v) is 3.31. The summed E-state index contributed by atoms with van der Waals surface area (Å²) < 4.78 is 1.88. The summed E-state index contributed by atoms with van der Waals surface area (Å²) >= 11 is 0. The summed E-state index contributed by atoms with van der Waals surface area (Å²) in [7, 11) is 0. The molecule has 0 atom stereocenters. The van der Waals surface area contributed by atoms with Crippen molar-refractivity contribution < 1.29 is 9.59 Å². The maximum atomic E-state index is 12.5. The van der Waals surface area contributed by atoms with Crippen molar-refractivity contribution in [2.75, 3.05) is 0 Å². The number of carbonyl (C=O) groups excluding carboxylic acids is 2. The van der Waals surface area contributed by atoms with Crippen LogP contribution in [0.15, 0.2) is 54.7 Å². The molecule has 4 nitrogen and oxygen atoms in total. The smallest absolute Gasteiger partial charge is 0.149 e. The van der Waals surface area contributed by atoms with Crippen LogP contribution in [-0.4, -0.2) is 21.0 Å². The van der Waals surface area contributed by atoms with Crippen molar-refractivity contribution in [3.8, 4) is 11.3 Å². The van der Waals surface area contributed by atoms with Gasteiger partial charge < -0.3 is 4.40 Å². The van der Waals surface area contributed by atoms with E-state index in [0.29, 0.717) is 25.0 Å². The van der Waals surface area contributed by atoms with Crippen molar-refractivity contribution in [1.29, 1.82) is 0 Å². The number of hydrogen-bond acceptors (Lipinski definition) is 3. The predicted octanol–water partition coefficient (Wildman–Crippen LogP) is 3.41. The Bertz CT molecular complexity index is 880. The molecule has 2 heterocycles. The molecule has 3 aromatic rings. The first kappa shape index (κ1) is 13.9. The van der Waals surface area contributed by atoms with Gasteiger partial charge in [0.15, 0.2) is 0 Å². The third kappa shape index (κ3) is 2.27. The first-order chi connectivity index (χ1) is 11.3. The molecule has 1 aliphatic rings. The van der Waals surface area contributed by atoms with Crippen LogP contribution in [0.3, 0.4) is 0 Å². The molecule has 1 aliphatic carbocycles. The Balaban J connectivity index is 2.00. The molecule has 0 aliphatic heterocycles. The summed E-state index contributed by atoms with van der Waals surface area (Å²) in [6, 6.07) is 15.4. The molecule has 1 saturated carbocycles. The van der Waals surface area contributed by atoms with E-state index in [-0.39, 0.29) is 11.6 Å². The third-order valence-electron chi connectivity index (χ3n) is 4.38. The van der Waals surface area contributed by atoms with Crippen LogP contribution in [0.4, 0.5) is 0 Å². The topological polar surface area (TPSA) is 51.4 Å². The highest BCUT2D eigenvalue weighted by molar-refractivity contribution is 6.10. The number of nitrogens with zero attached hydrogens (tertiary/aromatic N) is 2. The van der Waals surface area contributed by atoms with Gasteiger partial charge in [-0.15, -0.1) is 0 Å². The van der Waals surface area contributed by atoms with Crippen LogP contribution < -0.4 is 0 Å². The summed E-state index contributed by atoms with van der Waals surface area (Å²) in [4.78, 5) is 29.6. The average Bonchev–Trinajstić information content (AvgIpc) is 2.95. The molecule has 0 amide bonds. The molecule has 0 saturated heterocycles. The van der Waals surface area contributed by atoms with Crippen LogP contribution >= 0.6 is 0 Å². The normalized spacial score (nSPS) is 16.2. The average molecular weight is 304 g/mol. The lowest BCUT2D eigenvalue weighted by atomic mass is 9.83. The molecule has 4 rings (SSSR count). The monoisotopic (exact) mass is 304 g/mol. The number of carbonyl (C=O) groups is 2. The third-order valence-corrected chi connectivity index (χ3v) is 4.38. The highest BCUT2D eigenvalue weighted by Gasteiger charge is 2.36. The summed E-state index contributed by atoms with van der Waals surface area (Å²) in [6.45, 7) is 0. The van der Waals surface area contributed by atoms with E-state index in [4.69, 9.17) is 0 Å². The maximum absolute atomic E-state index is 12.5. The highest BCUT2D eigenvalue weighted by Crippen LogP contribution is 2.34. The lowest BCUT2D eigenvalue weighted by Crippen LogP contribution is -2.28. The van der Waals surface area contributed by atoms with Gasteiger partial charge in [0.1, 0.15) is 23.1 Å². The Kier molecular flexibility index (Phi) is 3.30. The number of ketones is 2. The lowest BCUT2D eigenvalue weighted by molar-refractivity contribution is -0.131. The van der Waals surface area contributed by atoms with Crippen LogP contribution in [0.5, 0.6) is 0 Å². The standard InChI is InChI=1S/C19H16N2O2/c22-14-9-6-10-15(23)17(14)19-18(13-7-2-1-3-8-13)20-16-11-4-5-12-21(16)19/h1-5,7-8,11-12,17H,6,9-10H2. The molecule has 4 heteroatoms. The molecule has 1 aromatic carbocycles. The van der Waals surface area contributed by atoms with Crippen molar-refractivity contribution in [1.82, 2.24) is 9.38 Å². The van der Waals surface area contributed by atoms with Crippen molar-refractivity contribution in [2.45, 2.75) is 25.2 Å². The fraction of sp³-hybridized carbons (Fsp3) is 0.211. The molecule has 0 radical (unpaired) electrons. The number of benzene rings is 1. The number of pyridine rings is 1. The molecule has 0 bridgehead atoms. The molecular formula is C19H16N2O2. The first-order valence-electron chi connectivity index (χ1n) is 7.83. The number of aromatic nitrogens is 2. The van der Waals surface area contributed by atoms with Gasteiger partial charge in [-0.05, 0) is 18.6 Å². The zero-order valence-corrected chi connectivity index (χ0v) is 12.6. The number of imidazole rings is 1. The van der Waals surface area contributed by atoms with Gasteiger partial charge in [-0.3, -0.25) is 9.59 Å². The van der Waals surface area contributed by atoms with Gasteiger partial charge >= 0.3 is 0 Å². The van der Waals surface area contributed by atoms with Crippen molar-refractivity contribution in [2.24, 2.45) is 0 Å². The predicted molar refractivity (Wildman–Crippen MR) is 87.2 cm³/mol. The minimum absolute atomic E-state index is 0.00378. The van der Waals surface area contributed by atoms with E-state index in [1.54, 1.807) is 0 Å². The van der Waals surface area contributed by atoms with Gasteiger partial charge in [-0.2, -0.15) is 0 Å². The van der Waals surface area contributed by atoms with E-state index in [1.807, 2.05) is 59.1 Å². The van der Waals surface area contributed by atoms with Gasteiger partial charge in [-0.1, -0.05) is 36.4 Å². The second-order valence-electron chi connectivity index (χ2n) is 5.86. The molecule has 2 aromatic heterocycles. The van der Waals surface area contributed by atoms with E-state index in [2.05, 4.69) is 4.98 Å². The van der Waals surface area contributed by atoms with Gasteiger partial charge in [0, 0.05) is 24.6 Å². The van der Waals surface area contributed by atoms with Crippen LogP contribution in [-0.2, 0) is 9.59 Å². The maximum Gasteiger partial charge on any atom is 0.149 e. The summed E-state index contributed by atoms with van der Waals surface area (Å²) in [5.74, 6) is -0.690. The summed E-state index contributed by atoms with van der Waals surface area (Å²) in [5.41, 5.74) is 3.12. The van der Waals surface area contributed by atoms with E-state index in [9.17, 15) is 9.59 Å². The molecule has 0 N–H and O–H groups in total. The van der Waals surface area contributed by atoms with Gasteiger partial charge in [0.25, 0.3) is 0 Å². The summed E-state index contributed by atoms with van der Waals surface area (Å²) in [5, 5.41) is 0. The SMILES string of the molecule is O=C1CCCC(=O)C1c1c(-c2ccccc2)nc2ccccn12. The first-order valence-corrected chi connectivity index (χ1v) is 7.83. The number of rotatable bonds is 2. The minimum Gasteiger partial charge on any atom is -0.302 e. The second kappa shape index (κ2) is 5.47. The Morgan fingerprint density at radius 2 is 1.61 bits per heavy atom. The van der Waals surface area contributed by atoms with Crippen LogP contribution in [0, 0.1) is 0 Å². The molecule has 0 spiro atoms. The zero-order valence-electron chi connectivity index (χ0n) is 12.6. The second-order valence-corrected chi connectivity index (χ2v) is 5.86. The van der Waals surface area contributed by atoms with Crippen LogP contribution in [0.1, 0.15) is 30.9 Å². The molecule has 114 valence electrons. The minimum atomic E-state index is -0.698. The zero-order chi connectivity index (χ0) is 15.8. The molecule has 23 heavy (non-hydrogen) atoms. The number of hydrogen-bond donors (Lipinski definition) is 0. The molecular weight excluding hydrogens is 288 g/mol. The van der Waals surface area contributed by atoms with Crippen molar-refractivity contribution in [3.63, 3.8) is 0 Å². The van der Waals surface area contributed by atoms with Crippen molar-refractivity contribution in [3.05, 3.63) is 60.4 Å². The Morgan fingerprint density at radius 3 is 2.35 bits per heavy atom. The Morgan fingerprint density at radius 1 is 0.913 bits per heavy atom. The van der Waals surface area contributed by atoms with Crippen LogP contribution in [0.25, 0.3) is 16.9 Å². The van der Waals surface area contributed by atoms with Gasteiger partial charge in [0.2, 0.25) is 0 Å². The summed E-state index contributed by atoms with van der Waals surface area (Å²) in [6.07, 6.45) is 3.46. The molecule has 1 fully saturated rings. The molecule has 0 unspecified atom stereocenters. The van der Waals surface area contributed by atoms with E-state index in [1.165, 1.54) is 0 Å². The van der Waals surface area contributed by atoms with E-state index < -0.39 is 5.92 Å². The number of Topliss-reactive ketones (excluding diaryl/α,β-unsaturated/α-hetero) is 2. The van der Waals surface area contributed by atoms with Crippen LogP contribution in [0.2, 0.25) is 0 Å². The highest BCUT2D eigenvalue weighted by atomic mass is 16.2. The Hall–Kier alpha value is -2.75. The largest absolute Gasteiger partial charge is 0.302 e. The van der Waals surface area contributed by atoms with Crippen molar-refractivity contribution >= 4 is 17.2 Å². The van der Waals surface area contributed by atoms with E-state index >= 15 is 0 Å². The lowest BCUT2D eigenvalue weighted by Gasteiger charge is -2.20.